The van der Waals surface area contributed by atoms with E-state index in [-0.39, 0.29) is 30.0 Å². The molecule has 4 aliphatic rings. The van der Waals surface area contributed by atoms with Crippen molar-refractivity contribution in [2.45, 2.75) is 129 Å². The van der Waals surface area contributed by atoms with Crippen molar-refractivity contribution in [3.63, 3.8) is 0 Å². The number of aliphatic hydroxyl groups is 3. The zero-order valence-electron chi connectivity index (χ0n) is 24.7. The summed E-state index contributed by atoms with van der Waals surface area (Å²) in [4.78, 5) is 37.4. The van der Waals surface area contributed by atoms with Gasteiger partial charge in [0.25, 0.3) is 0 Å². The average Bonchev–Trinajstić information content (AvgIpc) is 3.08. The minimum absolute atomic E-state index is 0.0651. The number of hydrogen-bond acceptors (Lipinski definition) is 8. The van der Waals surface area contributed by atoms with Gasteiger partial charge in [0, 0.05) is 25.2 Å². The summed E-state index contributed by atoms with van der Waals surface area (Å²) in [5, 5.41) is 33.6. The van der Waals surface area contributed by atoms with Gasteiger partial charge in [-0.25, -0.2) is 0 Å². The molecule has 3 saturated carbocycles. The number of aliphatic hydroxyl groups excluding tert-OH is 1. The fourth-order valence-electron chi connectivity index (χ4n) is 8.92. The number of allylic oxidation sites excluding steroid dienone is 1. The van der Waals surface area contributed by atoms with Gasteiger partial charge < -0.3 is 24.8 Å². The number of fused-ring (bicyclic) bond motifs is 5. The van der Waals surface area contributed by atoms with Crippen LogP contribution in [-0.4, -0.2) is 62.6 Å². The lowest BCUT2D eigenvalue weighted by atomic mass is 9.45. The Labute approximate surface area is 232 Å². The number of hydrogen-bond donors (Lipinski definition) is 3. The molecule has 1 unspecified atom stereocenters. The molecule has 3 fully saturated rings. The molecule has 220 valence electrons. The van der Waals surface area contributed by atoms with Gasteiger partial charge in [0.15, 0.2) is 5.78 Å². The molecule has 8 nitrogen and oxygen atoms in total. The van der Waals surface area contributed by atoms with Gasteiger partial charge in [0.2, 0.25) is 0 Å². The summed E-state index contributed by atoms with van der Waals surface area (Å²) >= 11 is 0. The molecule has 8 heteroatoms. The maximum absolute atomic E-state index is 13.7. The summed E-state index contributed by atoms with van der Waals surface area (Å²) in [6.45, 7) is 12.4. The highest BCUT2D eigenvalue weighted by Gasteiger charge is 2.67. The van der Waals surface area contributed by atoms with E-state index >= 15 is 0 Å². The molecule has 0 saturated heterocycles. The van der Waals surface area contributed by atoms with E-state index in [0.29, 0.717) is 25.7 Å². The second-order valence-electron chi connectivity index (χ2n) is 14.1. The van der Waals surface area contributed by atoms with Gasteiger partial charge in [-0.15, -0.1) is 0 Å². The van der Waals surface area contributed by atoms with Crippen molar-refractivity contribution in [3.05, 3.63) is 11.6 Å². The molecular formula is C31H48O8. The van der Waals surface area contributed by atoms with Gasteiger partial charge in [-0.2, -0.15) is 0 Å². The summed E-state index contributed by atoms with van der Waals surface area (Å²) in [6, 6.07) is 0. The van der Waals surface area contributed by atoms with E-state index in [9.17, 15) is 29.7 Å². The molecular weight excluding hydrogens is 500 g/mol. The van der Waals surface area contributed by atoms with E-state index < -0.39 is 58.2 Å². The molecule has 0 spiro atoms. The quantitative estimate of drug-likeness (QED) is 0.409. The summed E-state index contributed by atoms with van der Waals surface area (Å²) in [5.74, 6) is -1.46. The lowest BCUT2D eigenvalue weighted by Crippen LogP contribution is -2.61. The molecule has 10 atom stereocenters. The van der Waals surface area contributed by atoms with Crippen LogP contribution in [0.4, 0.5) is 0 Å². The average molecular weight is 549 g/mol. The monoisotopic (exact) mass is 548 g/mol. The van der Waals surface area contributed by atoms with Crippen LogP contribution in [0.3, 0.4) is 0 Å². The number of carbonyl (C=O) groups excluding carboxylic acids is 3. The first-order valence-corrected chi connectivity index (χ1v) is 14.7. The molecule has 0 bridgehead atoms. The van der Waals surface area contributed by atoms with Gasteiger partial charge in [0.1, 0.15) is 12.2 Å². The molecule has 3 N–H and O–H groups in total. The van der Waals surface area contributed by atoms with Crippen LogP contribution in [0.5, 0.6) is 0 Å². The predicted octanol–water partition coefficient (Wildman–Crippen LogP) is 3.88. The largest absolute Gasteiger partial charge is 0.459 e. The molecule has 0 aromatic rings. The Kier molecular flexibility index (Phi) is 7.94. The second-order valence-corrected chi connectivity index (χ2v) is 14.1. The predicted molar refractivity (Wildman–Crippen MR) is 144 cm³/mol. The van der Waals surface area contributed by atoms with E-state index in [1.165, 1.54) is 13.8 Å². The number of esters is 2. The molecule has 0 aromatic heterocycles. The Morgan fingerprint density at radius 2 is 1.69 bits per heavy atom. The first-order valence-electron chi connectivity index (χ1n) is 14.7. The SMILES string of the molecule is CC(=O)O[C@H]1C[C@@]2(C)[C@@H](C[C@H]1OC(C)=O)C(=O)C=C1[C@@H]2CC[C@]2(C)[C@@H]([C@H](C)C(O)CCC(C)(C)O)CC[C@@]12O. The standard InChI is InChI=1S/C31H48O8/c1-17(24(34)10-11-28(4,5)36)20-9-13-31(37)22-14-25(35)23-15-26(38-18(2)32)27(39-19(3)33)16-29(23,6)21(22)8-12-30(20,31)7/h14,17,20-21,23-24,26-27,34,36-37H,8-13,15-16H2,1-7H3/t17-,20+,21-,23-,24?,26+,27-,29+,30+,31+/m0/s1. The second kappa shape index (κ2) is 10.3. The number of rotatable bonds is 7. The molecule has 0 aromatic carbocycles. The van der Waals surface area contributed by atoms with Crippen molar-refractivity contribution in [3.8, 4) is 0 Å². The summed E-state index contributed by atoms with van der Waals surface area (Å²) in [7, 11) is 0. The Morgan fingerprint density at radius 1 is 1.08 bits per heavy atom. The molecule has 0 aliphatic heterocycles. The molecule has 0 heterocycles. The third-order valence-corrected chi connectivity index (χ3v) is 11.1. The smallest absolute Gasteiger partial charge is 0.303 e. The number of carbonyl (C=O) groups is 3. The van der Waals surface area contributed by atoms with Gasteiger partial charge in [-0.05, 0) is 100 Å². The Balaban J connectivity index is 1.64. The highest BCUT2D eigenvalue weighted by molar-refractivity contribution is 5.95. The van der Waals surface area contributed by atoms with E-state index in [1.54, 1.807) is 19.9 Å². The van der Waals surface area contributed by atoms with Crippen LogP contribution in [-0.2, 0) is 23.9 Å². The highest BCUT2D eigenvalue weighted by atomic mass is 16.6. The van der Waals surface area contributed by atoms with Crippen LogP contribution in [0.1, 0.15) is 99.8 Å². The zero-order valence-corrected chi connectivity index (χ0v) is 24.7. The van der Waals surface area contributed by atoms with E-state index in [1.807, 2.05) is 6.92 Å². The van der Waals surface area contributed by atoms with Crippen LogP contribution in [0.15, 0.2) is 11.6 Å². The third-order valence-electron chi connectivity index (χ3n) is 11.1. The maximum Gasteiger partial charge on any atom is 0.303 e. The third kappa shape index (κ3) is 5.21. The van der Waals surface area contributed by atoms with Crippen molar-refractivity contribution >= 4 is 17.7 Å². The van der Waals surface area contributed by atoms with Crippen molar-refractivity contribution in [1.29, 1.82) is 0 Å². The van der Waals surface area contributed by atoms with E-state index in [2.05, 4.69) is 13.8 Å². The Bertz CT molecular complexity index is 1030. The summed E-state index contributed by atoms with van der Waals surface area (Å²) in [6.07, 6.45) is 4.19. The summed E-state index contributed by atoms with van der Waals surface area (Å²) < 4.78 is 11.1. The normalized spacial score (nSPS) is 41.4. The first-order chi connectivity index (χ1) is 17.9. The minimum Gasteiger partial charge on any atom is -0.459 e. The van der Waals surface area contributed by atoms with Crippen molar-refractivity contribution < 1.29 is 39.2 Å². The topological polar surface area (TPSA) is 130 Å². The van der Waals surface area contributed by atoms with Crippen LogP contribution >= 0.6 is 0 Å². The fourth-order valence-corrected chi connectivity index (χ4v) is 8.92. The van der Waals surface area contributed by atoms with Gasteiger partial charge >= 0.3 is 11.9 Å². The van der Waals surface area contributed by atoms with Gasteiger partial charge in [-0.3, -0.25) is 14.4 Å². The Morgan fingerprint density at radius 3 is 2.28 bits per heavy atom. The highest BCUT2D eigenvalue weighted by Crippen LogP contribution is 2.68. The van der Waals surface area contributed by atoms with Crippen molar-refractivity contribution in [2.24, 2.45) is 34.5 Å². The summed E-state index contributed by atoms with van der Waals surface area (Å²) in [5.41, 5.74) is -2.29. The molecule has 0 amide bonds. The molecule has 0 radical (unpaired) electrons. The van der Waals surface area contributed by atoms with Crippen LogP contribution in [0.25, 0.3) is 0 Å². The zero-order chi connectivity index (χ0) is 29.1. The lowest BCUT2D eigenvalue weighted by Gasteiger charge is -2.60. The van der Waals surface area contributed by atoms with Crippen molar-refractivity contribution in [2.75, 3.05) is 0 Å². The van der Waals surface area contributed by atoms with Crippen LogP contribution in [0.2, 0.25) is 0 Å². The number of ether oxygens (including phenoxy) is 2. The lowest BCUT2D eigenvalue weighted by molar-refractivity contribution is -0.186. The minimum atomic E-state index is -1.17. The molecule has 4 rings (SSSR count). The van der Waals surface area contributed by atoms with Crippen molar-refractivity contribution in [1.82, 2.24) is 0 Å². The Hall–Kier alpha value is -1.77. The fraction of sp³-hybridized carbons (Fsp3) is 0.839. The molecule has 39 heavy (non-hydrogen) atoms. The van der Waals surface area contributed by atoms with E-state index in [4.69, 9.17) is 9.47 Å². The van der Waals surface area contributed by atoms with Crippen LogP contribution < -0.4 is 0 Å². The van der Waals surface area contributed by atoms with E-state index in [0.717, 1.165) is 24.8 Å². The van der Waals surface area contributed by atoms with Gasteiger partial charge in [-0.1, -0.05) is 20.8 Å². The maximum atomic E-state index is 13.7. The molecule has 4 aliphatic carbocycles. The first kappa shape index (κ1) is 30.2. The number of ketones is 1. The van der Waals surface area contributed by atoms with Gasteiger partial charge in [0.05, 0.1) is 17.3 Å². The van der Waals surface area contributed by atoms with Crippen LogP contribution in [0, 0.1) is 34.5 Å².